The van der Waals surface area contributed by atoms with Crippen LogP contribution < -0.4 is 0 Å². The van der Waals surface area contributed by atoms with E-state index in [2.05, 4.69) is 0 Å². The van der Waals surface area contributed by atoms with Crippen molar-refractivity contribution in [1.29, 1.82) is 0 Å². The van der Waals surface area contributed by atoms with Crippen LogP contribution in [0.5, 0.6) is 0 Å². The van der Waals surface area contributed by atoms with Gasteiger partial charge in [0.1, 0.15) is 5.76 Å². The first-order chi connectivity index (χ1) is 7.61. The van der Waals surface area contributed by atoms with Gasteiger partial charge in [-0.3, -0.25) is 4.79 Å². The molecule has 1 aliphatic rings. The molecule has 4 nitrogen and oxygen atoms in total. The molecule has 1 fully saturated rings. The Morgan fingerprint density at radius 1 is 1.62 bits per heavy atom. The molecule has 1 saturated heterocycles. The zero-order valence-electron chi connectivity index (χ0n) is 9.69. The van der Waals surface area contributed by atoms with Crippen LogP contribution >= 0.6 is 0 Å². The number of carbonyl (C=O) groups is 1. The molecule has 0 saturated carbocycles. The third-order valence-electron chi connectivity index (χ3n) is 3.07. The van der Waals surface area contributed by atoms with Gasteiger partial charge in [-0.25, -0.2) is 0 Å². The van der Waals surface area contributed by atoms with Gasteiger partial charge in [0.15, 0.2) is 5.76 Å². The van der Waals surface area contributed by atoms with Crippen LogP contribution in [-0.4, -0.2) is 35.6 Å². The van der Waals surface area contributed by atoms with Gasteiger partial charge >= 0.3 is 0 Å². The average molecular weight is 223 g/mol. The molecule has 0 spiro atoms. The number of aliphatic hydroxyl groups is 1. The lowest BCUT2D eigenvalue weighted by molar-refractivity contribution is 0.0748. The smallest absolute Gasteiger partial charge is 0.289 e. The van der Waals surface area contributed by atoms with E-state index in [4.69, 9.17) is 9.52 Å². The van der Waals surface area contributed by atoms with Crippen molar-refractivity contribution in [1.82, 2.24) is 4.90 Å². The van der Waals surface area contributed by atoms with E-state index in [0.717, 1.165) is 17.7 Å². The maximum Gasteiger partial charge on any atom is 0.289 e. The summed E-state index contributed by atoms with van der Waals surface area (Å²) in [7, 11) is 0. The van der Waals surface area contributed by atoms with Crippen LogP contribution in [0.25, 0.3) is 0 Å². The molecule has 1 N–H and O–H groups in total. The predicted molar refractivity (Wildman–Crippen MR) is 59.3 cm³/mol. The molecule has 88 valence electrons. The Balaban J connectivity index is 2.11. The molecule has 1 aromatic rings. The average Bonchev–Trinajstić information content (AvgIpc) is 2.84. The van der Waals surface area contributed by atoms with Gasteiger partial charge < -0.3 is 14.4 Å². The Morgan fingerprint density at radius 3 is 2.88 bits per heavy atom. The van der Waals surface area contributed by atoms with E-state index in [1.54, 1.807) is 4.90 Å². The van der Waals surface area contributed by atoms with Gasteiger partial charge in [-0.05, 0) is 26.3 Å². The summed E-state index contributed by atoms with van der Waals surface area (Å²) in [5.74, 6) is 1.37. The second-order valence-electron chi connectivity index (χ2n) is 4.46. The van der Waals surface area contributed by atoms with Crippen molar-refractivity contribution < 1.29 is 14.3 Å². The molecule has 1 atom stereocenters. The molecule has 1 aliphatic heterocycles. The first-order valence-corrected chi connectivity index (χ1v) is 5.59. The lowest BCUT2D eigenvalue weighted by Crippen LogP contribution is -2.29. The van der Waals surface area contributed by atoms with Crippen LogP contribution in [0.1, 0.15) is 28.3 Å². The number of rotatable bonds is 2. The third kappa shape index (κ3) is 1.97. The van der Waals surface area contributed by atoms with Crippen molar-refractivity contribution in [2.75, 3.05) is 19.7 Å². The zero-order valence-corrected chi connectivity index (χ0v) is 9.69. The number of carbonyl (C=O) groups excluding carboxylic acids is 1. The van der Waals surface area contributed by atoms with Gasteiger partial charge in [-0.2, -0.15) is 0 Å². The predicted octanol–water partition coefficient (Wildman–Crippen LogP) is 1.35. The minimum Gasteiger partial charge on any atom is -0.456 e. The van der Waals surface area contributed by atoms with Crippen molar-refractivity contribution in [3.8, 4) is 0 Å². The van der Waals surface area contributed by atoms with Crippen molar-refractivity contribution in [3.05, 3.63) is 23.2 Å². The van der Waals surface area contributed by atoms with E-state index in [0.29, 0.717) is 18.8 Å². The summed E-state index contributed by atoms with van der Waals surface area (Å²) in [6.07, 6.45) is 0.876. The fourth-order valence-corrected chi connectivity index (χ4v) is 2.16. The minimum atomic E-state index is -0.0541. The number of aliphatic hydroxyl groups excluding tert-OH is 1. The van der Waals surface area contributed by atoms with Gasteiger partial charge in [-0.15, -0.1) is 0 Å². The standard InChI is InChI=1S/C12H17NO3/c1-8-5-9(2)16-11(8)12(15)13-4-3-10(6-13)7-14/h5,10,14H,3-4,6-7H2,1-2H3. The molecule has 0 aliphatic carbocycles. The Labute approximate surface area is 94.9 Å². The maximum atomic E-state index is 12.1. The summed E-state index contributed by atoms with van der Waals surface area (Å²) in [4.78, 5) is 13.8. The third-order valence-corrected chi connectivity index (χ3v) is 3.07. The highest BCUT2D eigenvalue weighted by Gasteiger charge is 2.28. The Kier molecular flexibility index (Phi) is 3.01. The van der Waals surface area contributed by atoms with E-state index < -0.39 is 0 Å². The summed E-state index contributed by atoms with van der Waals surface area (Å²) in [6, 6.07) is 1.87. The number of aryl methyl sites for hydroxylation is 2. The molecule has 1 amide bonds. The number of furan rings is 1. The summed E-state index contributed by atoms with van der Waals surface area (Å²) in [5, 5.41) is 9.03. The molecule has 4 heteroatoms. The van der Waals surface area contributed by atoms with Gasteiger partial charge in [0.2, 0.25) is 0 Å². The molecular formula is C12H17NO3. The summed E-state index contributed by atoms with van der Waals surface area (Å²) < 4.78 is 5.40. The van der Waals surface area contributed by atoms with E-state index >= 15 is 0 Å². The van der Waals surface area contributed by atoms with E-state index in [1.165, 1.54) is 0 Å². The molecule has 0 aromatic carbocycles. The fourth-order valence-electron chi connectivity index (χ4n) is 2.16. The number of amides is 1. The van der Waals surface area contributed by atoms with E-state index in [1.807, 2.05) is 19.9 Å². The largest absolute Gasteiger partial charge is 0.456 e. The lowest BCUT2D eigenvalue weighted by atomic mass is 10.1. The first kappa shape index (κ1) is 11.2. The van der Waals surface area contributed by atoms with Crippen molar-refractivity contribution in [2.24, 2.45) is 5.92 Å². The Bertz CT molecular complexity index is 397. The van der Waals surface area contributed by atoms with Crippen LogP contribution in [0, 0.1) is 19.8 Å². The van der Waals surface area contributed by atoms with Gasteiger partial charge in [0.05, 0.1) is 0 Å². The van der Waals surface area contributed by atoms with Crippen LogP contribution in [0.4, 0.5) is 0 Å². The van der Waals surface area contributed by atoms with Crippen molar-refractivity contribution >= 4 is 5.91 Å². The number of likely N-dealkylation sites (tertiary alicyclic amines) is 1. The molecule has 0 radical (unpaired) electrons. The zero-order chi connectivity index (χ0) is 11.7. The highest BCUT2D eigenvalue weighted by atomic mass is 16.4. The number of hydrogen-bond acceptors (Lipinski definition) is 3. The maximum absolute atomic E-state index is 12.1. The normalized spacial score (nSPS) is 20.4. The van der Waals surface area contributed by atoms with Crippen LogP contribution in [-0.2, 0) is 0 Å². The second kappa shape index (κ2) is 4.29. The number of hydrogen-bond donors (Lipinski definition) is 1. The van der Waals surface area contributed by atoms with Gasteiger partial charge in [0, 0.05) is 31.2 Å². The van der Waals surface area contributed by atoms with Crippen LogP contribution in [0.3, 0.4) is 0 Å². The topological polar surface area (TPSA) is 53.7 Å². The van der Waals surface area contributed by atoms with E-state index in [9.17, 15) is 4.79 Å². The highest BCUT2D eigenvalue weighted by Crippen LogP contribution is 2.21. The van der Waals surface area contributed by atoms with Gasteiger partial charge in [0.25, 0.3) is 5.91 Å². The molecule has 16 heavy (non-hydrogen) atoms. The van der Waals surface area contributed by atoms with Gasteiger partial charge in [-0.1, -0.05) is 0 Å². The molecule has 0 bridgehead atoms. The number of nitrogens with zero attached hydrogens (tertiary/aromatic N) is 1. The Hall–Kier alpha value is -1.29. The van der Waals surface area contributed by atoms with E-state index in [-0.39, 0.29) is 18.4 Å². The minimum absolute atomic E-state index is 0.0541. The molecule has 1 aromatic heterocycles. The van der Waals surface area contributed by atoms with Crippen LogP contribution in [0.2, 0.25) is 0 Å². The summed E-state index contributed by atoms with van der Waals surface area (Å²) in [6.45, 7) is 5.21. The fraction of sp³-hybridized carbons (Fsp3) is 0.583. The summed E-state index contributed by atoms with van der Waals surface area (Å²) in [5.41, 5.74) is 0.884. The molecule has 2 rings (SSSR count). The Morgan fingerprint density at radius 2 is 2.38 bits per heavy atom. The van der Waals surface area contributed by atoms with Crippen LogP contribution in [0.15, 0.2) is 10.5 Å². The lowest BCUT2D eigenvalue weighted by Gasteiger charge is -2.14. The molecule has 2 heterocycles. The monoisotopic (exact) mass is 223 g/mol. The quantitative estimate of drug-likeness (QED) is 0.823. The van der Waals surface area contributed by atoms with Crippen molar-refractivity contribution in [3.63, 3.8) is 0 Å². The highest BCUT2D eigenvalue weighted by molar-refractivity contribution is 5.93. The second-order valence-corrected chi connectivity index (χ2v) is 4.46. The first-order valence-electron chi connectivity index (χ1n) is 5.59. The summed E-state index contributed by atoms with van der Waals surface area (Å²) >= 11 is 0. The molecular weight excluding hydrogens is 206 g/mol. The van der Waals surface area contributed by atoms with Crippen molar-refractivity contribution in [2.45, 2.75) is 20.3 Å². The SMILES string of the molecule is Cc1cc(C)c(C(=O)N2CCC(CO)C2)o1. The molecule has 1 unspecified atom stereocenters.